The van der Waals surface area contributed by atoms with Gasteiger partial charge in [0.2, 0.25) is 10.0 Å². The molecule has 1 N–H and O–H groups in total. The molecule has 0 atom stereocenters. The molecule has 0 aliphatic rings. The maximum atomic E-state index is 12.8. The van der Waals surface area contributed by atoms with Crippen molar-refractivity contribution < 1.29 is 22.7 Å². The van der Waals surface area contributed by atoms with Crippen LogP contribution in [0, 0.1) is 6.92 Å². The number of methoxy groups -OCH3 is 2. The molecule has 0 aromatic heterocycles. The molecule has 140 valence electrons. The molecule has 0 saturated carbocycles. The zero-order valence-corrected chi connectivity index (χ0v) is 16.2. The summed E-state index contributed by atoms with van der Waals surface area (Å²) in [7, 11) is 0.680. The number of rotatable bonds is 6. The molecule has 0 spiro atoms. The summed E-state index contributed by atoms with van der Waals surface area (Å²) in [6, 6.07) is 10.2. The monoisotopic (exact) mass is 378 g/mol. The number of carbonyl (C=O) groups excluding carboxylic acids is 1. The summed E-state index contributed by atoms with van der Waals surface area (Å²) in [4.78, 5) is 12.8. The third-order valence-corrected chi connectivity index (χ3v) is 5.05. The largest absolute Gasteiger partial charge is 0.493 e. The Morgan fingerprint density at radius 3 is 2.23 bits per heavy atom. The van der Waals surface area contributed by atoms with Crippen molar-refractivity contribution in [3.05, 3.63) is 47.5 Å². The highest BCUT2D eigenvalue weighted by atomic mass is 32.2. The van der Waals surface area contributed by atoms with E-state index in [1.165, 1.54) is 33.4 Å². The number of hydrogen-bond acceptors (Lipinski definition) is 5. The highest BCUT2D eigenvalue weighted by Gasteiger charge is 2.23. The summed E-state index contributed by atoms with van der Waals surface area (Å²) in [5, 5.41) is 2.78. The molecule has 2 aromatic rings. The molecule has 0 radical (unpaired) electrons. The van der Waals surface area contributed by atoms with Crippen LogP contribution in [0.1, 0.15) is 15.9 Å². The standard InChI is InChI=1S/C18H22N2O5S/c1-12-7-6-8-13(9-12)19-18(21)14-10-16(24-3)17(25-4)11-15(14)20(2)26(5,22)23/h6-11H,1-5H3,(H,19,21). The van der Waals surface area contributed by atoms with E-state index in [1.54, 1.807) is 6.07 Å². The van der Waals surface area contributed by atoms with Crippen LogP contribution in [0.5, 0.6) is 11.5 Å². The zero-order valence-electron chi connectivity index (χ0n) is 15.4. The lowest BCUT2D eigenvalue weighted by atomic mass is 10.1. The Kier molecular flexibility index (Phi) is 5.76. The van der Waals surface area contributed by atoms with Gasteiger partial charge in [0, 0.05) is 18.8 Å². The van der Waals surface area contributed by atoms with E-state index in [0.717, 1.165) is 16.1 Å². The molecule has 1 amide bonds. The summed E-state index contributed by atoms with van der Waals surface area (Å²) < 4.78 is 35.5. The summed E-state index contributed by atoms with van der Waals surface area (Å²) in [5.74, 6) is 0.194. The predicted octanol–water partition coefficient (Wildman–Crippen LogP) is 2.66. The second kappa shape index (κ2) is 7.65. The number of amides is 1. The lowest BCUT2D eigenvalue weighted by Gasteiger charge is -2.22. The van der Waals surface area contributed by atoms with Crippen LogP contribution in [0.25, 0.3) is 0 Å². The SMILES string of the molecule is COc1cc(C(=O)Nc2cccc(C)c2)c(N(C)S(C)(=O)=O)cc1OC. The molecular formula is C18H22N2O5S. The quantitative estimate of drug-likeness (QED) is 0.835. The number of sulfonamides is 1. The van der Waals surface area contributed by atoms with Gasteiger partial charge in [0.05, 0.1) is 31.7 Å². The third-order valence-electron chi connectivity index (χ3n) is 3.86. The maximum Gasteiger partial charge on any atom is 0.257 e. The van der Waals surface area contributed by atoms with Gasteiger partial charge in [-0.3, -0.25) is 9.10 Å². The van der Waals surface area contributed by atoms with Gasteiger partial charge in [0.1, 0.15) is 0 Å². The van der Waals surface area contributed by atoms with Crippen molar-refractivity contribution in [3.8, 4) is 11.5 Å². The normalized spacial score (nSPS) is 11.0. The molecule has 0 bridgehead atoms. The summed E-state index contributed by atoms with van der Waals surface area (Å²) >= 11 is 0. The molecule has 2 rings (SSSR count). The Hall–Kier alpha value is -2.74. The number of benzene rings is 2. The van der Waals surface area contributed by atoms with E-state index in [9.17, 15) is 13.2 Å². The van der Waals surface area contributed by atoms with Crippen molar-refractivity contribution in [2.24, 2.45) is 0 Å². The van der Waals surface area contributed by atoms with E-state index in [4.69, 9.17) is 9.47 Å². The van der Waals surface area contributed by atoms with Crippen molar-refractivity contribution in [1.29, 1.82) is 0 Å². The first kappa shape index (κ1) is 19.6. The van der Waals surface area contributed by atoms with Gasteiger partial charge in [-0.2, -0.15) is 0 Å². The maximum absolute atomic E-state index is 12.8. The Morgan fingerprint density at radius 1 is 1.08 bits per heavy atom. The third kappa shape index (κ3) is 4.26. The molecule has 0 aliphatic heterocycles. The van der Waals surface area contributed by atoms with Gasteiger partial charge >= 0.3 is 0 Å². The van der Waals surface area contributed by atoms with E-state index < -0.39 is 15.9 Å². The van der Waals surface area contributed by atoms with Gasteiger partial charge in [-0.15, -0.1) is 0 Å². The number of aryl methyl sites for hydroxylation is 1. The minimum atomic E-state index is -3.58. The van der Waals surface area contributed by atoms with Gasteiger partial charge in [-0.1, -0.05) is 12.1 Å². The molecule has 2 aromatic carbocycles. The van der Waals surface area contributed by atoms with Crippen LogP contribution in [0.3, 0.4) is 0 Å². The highest BCUT2D eigenvalue weighted by molar-refractivity contribution is 7.92. The molecule has 0 fully saturated rings. The lowest BCUT2D eigenvalue weighted by molar-refractivity contribution is 0.102. The molecule has 0 heterocycles. The van der Waals surface area contributed by atoms with Crippen molar-refractivity contribution in [2.75, 3.05) is 37.1 Å². The Balaban J connectivity index is 2.55. The zero-order chi connectivity index (χ0) is 19.5. The second-order valence-electron chi connectivity index (χ2n) is 5.78. The number of nitrogens with one attached hydrogen (secondary N) is 1. The van der Waals surface area contributed by atoms with Crippen molar-refractivity contribution in [1.82, 2.24) is 0 Å². The molecule has 0 aliphatic carbocycles. The first-order chi connectivity index (χ1) is 12.2. The van der Waals surface area contributed by atoms with Crippen LogP contribution in [-0.4, -0.2) is 41.8 Å². The first-order valence-corrected chi connectivity index (χ1v) is 9.60. The van der Waals surface area contributed by atoms with Crippen LogP contribution in [0.2, 0.25) is 0 Å². The van der Waals surface area contributed by atoms with Crippen molar-refractivity contribution in [3.63, 3.8) is 0 Å². The number of anilines is 2. The van der Waals surface area contributed by atoms with Crippen LogP contribution >= 0.6 is 0 Å². The molecule has 0 saturated heterocycles. The van der Waals surface area contributed by atoms with E-state index in [-0.39, 0.29) is 11.3 Å². The van der Waals surface area contributed by atoms with E-state index in [1.807, 2.05) is 25.1 Å². The molecular weight excluding hydrogens is 356 g/mol. The fourth-order valence-corrected chi connectivity index (χ4v) is 2.92. The van der Waals surface area contributed by atoms with Crippen molar-refractivity contribution >= 4 is 27.3 Å². The Bertz CT molecular complexity index is 925. The average molecular weight is 378 g/mol. The van der Waals surface area contributed by atoms with Crippen LogP contribution in [-0.2, 0) is 10.0 Å². The Labute approximate surface area is 153 Å². The van der Waals surface area contributed by atoms with Gasteiger partial charge in [0.25, 0.3) is 5.91 Å². The second-order valence-corrected chi connectivity index (χ2v) is 7.79. The topological polar surface area (TPSA) is 84.9 Å². The first-order valence-electron chi connectivity index (χ1n) is 7.75. The minimum absolute atomic E-state index is 0.150. The lowest BCUT2D eigenvalue weighted by Crippen LogP contribution is -2.28. The summed E-state index contributed by atoms with van der Waals surface area (Å²) in [5.41, 5.74) is 1.94. The van der Waals surface area contributed by atoms with Gasteiger partial charge in [-0.25, -0.2) is 8.42 Å². The van der Waals surface area contributed by atoms with Crippen LogP contribution in [0.4, 0.5) is 11.4 Å². The number of ether oxygens (including phenoxy) is 2. The van der Waals surface area contributed by atoms with Gasteiger partial charge in [0.15, 0.2) is 11.5 Å². The van der Waals surface area contributed by atoms with Crippen LogP contribution in [0.15, 0.2) is 36.4 Å². The van der Waals surface area contributed by atoms with Crippen LogP contribution < -0.4 is 19.1 Å². The highest BCUT2D eigenvalue weighted by Crippen LogP contribution is 2.36. The Morgan fingerprint density at radius 2 is 1.69 bits per heavy atom. The van der Waals surface area contributed by atoms with Gasteiger partial charge < -0.3 is 14.8 Å². The smallest absolute Gasteiger partial charge is 0.257 e. The van der Waals surface area contributed by atoms with E-state index in [2.05, 4.69) is 5.32 Å². The molecule has 7 nitrogen and oxygen atoms in total. The summed E-state index contributed by atoms with van der Waals surface area (Å²) in [6.07, 6.45) is 1.06. The van der Waals surface area contributed by atoms with E-state index >= 15 is 0 Å². The van der Waals surface area contributed by atoms with Crippen molar-refractivity contribution in [2.45, 2.75) is 6.92 Å². The van der Waals surface area contributed by atoms with E-state index in [0.29, 0.717) is 17.2 Å². The minimum Gasteiger partial charge on any atom is -0.493 e. The molecule has 0 unspecified atom stereocenters. The number of carbonyl (C=O) groups is 1. The molecule has 8 heteroatoms. The number of hydrogen-bond donors (Lipinski definition) is 1. The fraction of sp³-hybridized carbons (Fsp3) is 0.278. The average Bonchev–Trinajstić information content (AvgIpc) is 2.59. The predicted molar refractivity (Wildman–Crippen MR) is 102 cm³/mol. The fourth-order valence-electron chi connectivity index (χ4n) is 2.41. The molecule has 26 heavy (non-hydrogen) atoms. The summed E-state index contributed by atoms with van der Waals surface area (Å²) in [6.45, 7) is 1.91. The van der Waals surface area contributed by atoms with Gasteiger partial charge in [-0.05, 0) is 30.7 Å². The number of nitrogens with zero attached hydrogens (tertiary/aromatic N) is 1.